The molecule has 0 amide bonds. The van der Waals surface area contributed by atoms with Crippen LogP contribution >= 0.6 is 0 Å². The average Bonchev–Trinajstić information content (AvgIpc) is 2.61. The topological polar surface area (TPSA) is 30.3 Å². The molecule has 1 saturated heterocycles. The highest BCUT2D eigenvalue weighted by atomic mass is 16.5. The van der Waals surface area contributed by atoms with Gasteiger partial charge in [0.25, 0.3) is 0 Å². The lowest BCUT2D eigenvalue weighted by molar-refractivity contribution is -0.0458. The van der Waals surface area contributed by atoms with Crippen molar-refractivity contribution < 1.29 is 4.74 Å². The van der Waals surface area contributed by atoms with Crippen LogP contribution in [-0.2, 0) is 11.3 Å². The van der Waals surface area contributed by atoms with Crippen molar-refractivity contribution in [3.05, 3.63) is 17.7 Å². The number of nitrogens with zero attached hydrogens (tertiary/aromatic N) is 3. The van der Waals surface area contributed by atoms with E-state index in [1.807, 2.05) is 13.3 Å². The molecule has 0 bridgehead atoms. The Bertz CT molecular complexity index is 373. The van der Waals surface area contributed by atoms with Crippen molar-refractivity contribution in [2.45, 2.75) is 46.4 Å². The van der Waals surface area contributed by atoms with Crippen LogP contribution < -0.4 is 0 Å². The van der Waals surface area contributed by atoms with Gasteiger partial charge >= 0.3 is 0 Å². The van der Waals surface area contributed by atoms with E-state index >= 15 is 0 Å². The minimum absolute atomic E-state index is 0.290. The van der Waals surface area contributed by atoms with Crippen molar-refractivity contribution >= 4 is 0 Å². The van der Waals surface area contributed by atoms with Crippen molar-refractivity contribution in [1.29, 1.82) is 0 Å². The number of hydrogen-bond donors (Lipinski definition) is 0. The number of morpholine rings is 1. The lowest BCUT2D eigenvalue weighted by atomic mass is 10.2. The molecule has 0 aliphatic carbocycles. The lowest BCUT2D eigenvalue weighted by Gasteiger charge is -2.35. The van der Waals surface area contributed by atoms with Gasteiger partial charge in [-0.05, 0) is 27.7 Å². The molecule has 96 valence electrons. The maximum absolute atomic E-state index is 5.84. The number of rotatable bonds is 3. The van der Waals surface area contributed by atoms with Gasteiger partial charge in [-0.2, -0.15) is 0 Å². The van der Waals surface area contributed by atoms with E-state index in [1.165, 1.54) is 5.69 Å². The first-order valence-electron chi connectivity index (χ1n) is 6.42. The average molecular weight is 237 g/mol. The van der Waals surface area contributed by atoms with E-state index in [1.54, 1.807) is 0 Å². The van der Waals surface area contributed by atoms with Gasteiger partial charge in [0, 0.05) is 24.8 Å². The number of aryl methyl sites for hydroxylation is 1. The van der Waals surface area contributed by atoms with Crippen LogP contribution in [0.25, 0.3) is 0 Å². The molecule has 1 fully saturated rings. The first kappa shape index (κ1) is 12.6. The summed E-state index contributed by atoms with van der Waals surface area (Å²) in [4.78, 5) is 6.81. The second-order valence-electron chi connectivity index (χ2n) is 5.15. The third kappa shape index (κ3) is 2.87. The zero-order valence-electron chi connectivity index (χ0n) is 11.3. The third-order valence-corrected chi connectivity index (χ3v) is 3.65. The van der Waals surface area contributed by atoms with Crippen LogP contribution in [0.1, 0.15) is 25.2 Å². The van der Waals surface area contributed by atoms with Gasteiger partial charge in [-0.1, -0.05) is 0 Å². The molecule has 1 aliphatic heterocycles. The first-order valence-corrected chi connectivity index (χ1v) is 6.42. The monoisotopic (exact) mass is 237 g/mol. The van der Waals surface area contributed by atoms with Crippen LogP contribution in [0.4, 0.5) is 0 Å². The molecule has 0 saturated carbocycles. The summed E-state index contributed by atoms with van der Waals surface area (Å²) >= 11 is 0. The molecule has 17 heavy (non-hydrogen) atoms. The highest BCUT2D eigenvalue weighted by Gasteiger charge is 2.22. The van der Waals surface area contributed by atoms with Gasteiger partial charge in [-0.25, -0.2) is 4.98 Å². The van der Waals surface area contributed by atoms with E-state index in [9.17, 15) is 0 Å². The number of ether oxygens (including phenoxy) is 1. The summed E-state index contributed by atoms with van der Waals surface area (Å²) in [5.74, 6) is 0. The Balaban J connectivity index is 1.97. The Labute approximate surface area is 104 Å². The molecule has 0 N–H and O–H groups in total. The standard InChI is InChI=1S/C13H23N3O/c1-10(2)15-5-6-17-13(7-15)8-16-9-14-11(3)12(16)4/h9-10,13H,5-8H2,1-4H3. The van der Waals surface area contributed by atoms with E-state index in [-0.39, 0.29) is 0 Å². The van der Waals surface area contributed by atoms with E-state index in [2.05, 4.69) is 35.2 Å². The van der Waals surface area contributed by atoms with Crippen LogP contribution in [0, 0.1) is 13.8 Å². The summed E-state index contributed by atoms with van der Waals surface area (Å²) in [6.45, 7) is 12.5. The fourth-order valence-electron chi connectivity index (χ4n) is 2.27. The Kier molecular flexibility index (Phi) is 3.84. The van der Waals surface area contributed by atoms with E-state index in [0.717, 1.165) is 31.9 Å². The van der Waals surface area contributed by atoms with Gasteiger partial charge in [0.15, 0.2) is 0 Å². The van der Waals surface area contributed by atoms with Crippen LogP contribution in [0.3, 0.4) is 0 Å². The number of imidazole rings is 1. The van der Waals surface area contributed by atoms with Crippen LogP contribution in [0.5, 0.6) is 0 Å². The molecule has 2 rings (SSSR count). The molecule has 2 heterocycles. The van der Waals surface area contributed by atoms with Gasteiger partial charge in [0.05, 0.1) is 31.3 Å². The smallest absolute Gasteiger partial charge is 0.0952 e. The summed E-state index contributed by atoms with van der Waals surface area (Å²) in [5.41, 5.74) is 2.36. The van der Waals surface area contributed by atoms with Gasteiger partial charge in [0.2, 0.25) is 0 Å². The summed E-state index contributed by atoms with van der Waals surface area (Å²) in [6, 6.07) is 0.604. The molecule has 1 aromatic rings. The maximum atomic E-state index is 5.84. The predicted molar refractivity (Wildman–Crippen MR) is 68.2 cm³/mol. The van der Waals surface area contributed by atoms with Crippen LogP contribution in [0.15, 0.2) is 6.33 Å². The predicted octanol–water partition coefficient (Wildman–Crippen LogP) is 1.61. The Morgan fingerprint density at radius 2 is 2.24 bits per heavy atom. The largest absolute Gasteiger partial charge is 0.374 e. The molecule has 1 unspecified atom stereocenters. The summed E-state index contributed by atoms with van der Waals surface area (Å²) < 4.78 is 8.03. The van der Waals surface area contributed by atoms with Crippen LogP contribution in [-0.4, -0.2) is 46.3 Å². The van der Waals surface area contributed by atoms with Crippen molar-refractivity contribution in [2.24, 2.45) is 0 Å². The normalized spacial score (nSPS) is 22.3. The van der Waals surface area contributed by atoms with E-state index in [0.29, 0.717) is 12.1 Å². The Morgan fingerprint density at radius 3 is 2.82 bits per heavy atom. The van der Waals surface area contributed by atoms with Gasteiger partial charge in [-0.3, -0.25) is 4.90 Å². The van der Waals surface area contributed by atoms with Crippen LogP contribution in [0.2, 0.25) is 0 Å². The van der Waals surface area contributed by atoms with Crippen molar-refractivity contribution in [2.75, 3.05) is 19.7 Å². The first-order chi connectivity index (χ1) is 8.08. The number of hydrogen-bond acceptors (Lipinski definition) is 3. The molecule has 4 nitrogen and oxygen atoms in total. The van der Waals surface area contributed by atoms with Gasteiger partial charge < -0.3 is 9.30 Å². The van der Waals surface area contributed by atoms with E-state index < -0.39 is 0 Å². The molecule has 0 aromatic carbocycles. The zero-order valence-corrected chi connectivity index (χ0v) is 11.3. The van der Waals surface area contributed by atoms with Gasteiger partial charge in [-0.15, -0.1) is 0 Å². The molecular formula is C13H23N3O. The molecule has 1 atom stereocenters. The molecular weight excluding hydrogens is 214 g/mol. The molecule has 0 radical (unpaired) electrons. The minimum Gasteiger partial charge on any atom is -0.374 e. The quantitative estimate of drug-likeness (QED) is 0.800. The zero-order chi connectivity index (χ0) is 12.4. The molecule has 4 heteroatoms. The second kappa shape index (κ2) is 5.19. The minimum atomic E-state index is 0.290. The maximum Gasteiger partial charge on any atom is 0.0952 e. The van der Waals surface area contributed by atoms with Crippen molar-refractivity contribution in [1.82, 2.24) is 14.5 Å². The van der Waals surface area contributed by atoms with Gasteiger partial charge in [0.1, 0.15) is 0 Å². The third-order valence-electron chi connectivity index (χ3n) is 3.65. The highest BCUT2D eigenvalue weighted by Crippen LogP contribution is 2.12. The fourth-order valence-corrected chi connectivity index (χ4v) is 2.27. The summed E-state index contributed by atoms with van der Waals surface area (Å²) in [7, 11) is 0. The van der Waals surface area contributed by atoms with E-state index in [4.69, 9.17) is 4.74 Å². The summed E-state index contributed by atoms with van der Waals surface area (Å²) in [5, 5.41) is 0. The Morgan fingerprint density at radius 1 is 1.47 bits per heavy atom. The fraction of sp³-hybridized carbons (Fsp3) is 0.769. The number of aromatic nitrogens is 2. The summed E-state index contributed by atoms with van der Waals surface area (Å²) in [6.07, 6.45) is 2.21. The van der Waals surface area contributed by atoms with Crippen molar-refractivity contribution in [3.8, 4) is 0 Å². The second-order valence-corrected chi connectivity index (χ2v) is 5.15. The Hall–Kier alpha value is -0.870. The molecule has 1 aliphatic rings. The lowest BCUT2D eigenvalue weighted by Crippen LogP contribution is -2.47. The van der Waals surface area contributed by atoms with Crippen molar-refractivity contribution in [3.63, 3.8) is 0 Å². The molecule has 1 aromatic heterocycles. The molecule has 0 spiro atoms. The highest BCUT2D eigenvalue weighted by molar-refractivity contribution is 5.08. The SMILES string of the molecule is Cc1ncn(CC2CN(C(C)C)CCO2)c1C.